The Kier molecular flexibility index (Phi) is 6.19. The van der Waals surface area contributed by atoms with Gasteiger partial charge in [0.2, 0.25) is 0 Å². The van der Waals surface area contributed by atoms with Gasteiger partial charge >= 0.3 is 12.1 Å². The molecule has 128 valence electrons. The summed E-state index contributed by atoms with van der Waals surface area (Å²) in [5.74, 6) is -0.479. The molecule has 0 saturated heterocycles. The Hall–Kier alpha value is -2.04. The van der Waals surface area contributed by atoms with Gasteiger partial charge in [0.25, 0.3) is 0 Å². The van der Waals surface area contributed by atoms with Gasteiger partial charge in [0.15, 0.2) is 0 Å². The van der Waals surface area contributed by atoms with E-state index in [4.69, 9.17) is 9.47 Å². The summed E-state index contributed by atoms with van der Waals surface area (Å²) in [7, 11) is 0. The van der Waals surface area contributed by atoms with Gasteiger partial charge in [-0.25, -0.2) is 9.59 Å². The predicted octanol–water partition coefficient (Wildman–Crippen LogP) is 3.67. The summed E-state index contributed by atoms with van der Waals surface area (Å²) < 4.78 is 10.6. The molecule has 1 rings (SSSR count). The summed E-state index contributed by atoms with van der Waals surface area (Å²) in [6, 6.07) is 8.61. The highest BCUT2D eigenvalue weighted by Crippen LogP contribution is 2.21. The molecule has 5 nitrogen and oxygen atoms in total. The normalized spacial score (nSPS) is 13.1. The highest BCUT2D eigenvalue weighted by molar-refractivity contribution is 5.82. The Morgan fingerprint density at radius 2 is 1.61 bits per heavy atom. The minimum absolute atomic E-state index is 0.169. The van der Waals surface area contributed by atoms with Gasteiger partial charge in [0, 0.05) is 0 Å². The summed E-state index contributed by atoms with van der Waals surface area (Å²) in [4.78, 5) is 24.3. The first kappa shape index (κ1) is 19.0. The maximum absolute atomic E-state index is 12.4. The predicted molar refractivity (Wildman–Crippen MR) is 88.9 cm³/mol. The van der Waals surface area contributed by atoms with Crippen LogP contribution in [-0.4, -0.2) is 23.7 Å². The van der Waals surface area contributed by atoms with Crippen molar-refractivity contribution < 1.29 is 19.1 Å². The third-order valence-corrected chi connectivity index (χ3v) is 2.99. The fourth-order valence-corrected chi connectivity index (χ4v) is 1.87. The second-order valence-corrected chi connectivity index (χ2v) is 7.54. The summed E-state index contributed by atoms with van der Waals surface area (Å²) in [5, 5.41) is 2.61. The molecule has 0 saturated carbocycles. The van der Waals surface area contributed by atoms with Crippen LogP contribution in [0.3, 0.4) is 0 Å². The number of rotatable bonds is 4. The molecule has 1 aromatic rings. The van der Waals surface area contributed by atoms with Crippen molar-refractivity contribution in [1.29, 1.82) is 0 Å². The number of carbonyl (C=O) groups is 2. The molecule has 5 heteroatoms. The second-order valence-electron chi connectivity index (χ2n) is 7.54. The number of ether oxygens (including phenoxy) is 2. The quantitative estimate of drug-likeness (QED) is 0.859. The number of hydrogen-bond acceptors (Lipinski definition) is 4. The standard InChI is InChI=1S/C18H27NO4/c1-17(2,3)14(19-16(21)23-18(4,5)6)15(20)22-12-13-10-8-7-9-11-13/h7-11,14H,12H2,1-6H3,(H,19,21). The molecule has 1 N–H and O–H groups in total. The van der Waals surface area contributed by atoms with Crippen LogP contribution in [0, 0.1) is 5.41 Å². The zero-order chi connectivity index (χ0) is 17.7. The summed E-state index contributed by atoms with van der Waals surface area (Å²) >= 11 is 0. The monoisotopic (exact) mass is 321 g/mol. The lowest BCUT2D eigenvalue weighted by molar-refractivity contribution is -0.150. The van der Waals surface area contributed by atoms with E-state index in [1.54, 1.807) is 20.8 Å². The smallest absolute Gasteiger partial charge is 0.408 e. The van der Waals surface area contributed by atoms with Gasteiger partial charge in [0.05, 0.1) is 0 Å². The van der Waals surface area contributed by atoms with Crippen LogP contribution in [0.25, 0.3) is 0 Å². The summed E-state index contributed by atoms with van der Waals surface area (Å²) in [5.41, 5.74) is -0.226. The third-order valence-electron chi connectivity index (χ3n) is 2.99. The minimum atomic E-state index is -0.791. The Bertz CT molecular complexity index is 526. The van der Waals surface area contributed by atoms with Gasteiger partial charge in [-0.3, -0.25) is 0 Å². The average molecular weight is 321 g/mol. The molecule has 0 aliphatic carbocycles. The van der Waals surface area contributed by atoms with Crippen molar-refractivity contribution in [2.45, 2.75) is 59.8 Å². The Morgan fingerprint density at radius 3 is 2.09 bits per heavy atom. The average Bonchev–Trinajstić information content (AvgIpc) is 2.40. The lowest BCUT2D eigenvalue weighted by Gasteiger charge is -2.30. The number of nitrogens with one attached hydrogen (secondary N) is 1. The zero-order valence-corrected chi connectivity index (χ0v) is 14.8. The van der Waals surface area contributed by atoms with Gasteiger partial charge in [-0.1, -0.05) is 51.1 Å². The molecule has 1 aromatic carbocycles. The minimum Gasteiger partial charge on any atom is -0.459 e. The lowest BCUT2D eigenvalue weighted by atomic mass is 9.87. The van der Waals surface area contributed by atoms with Crippen LogP contribution < -0.4 is 5.32 Å². The molecule has 0 spiro atoms. The largest absolute Gasteiger partial charge is 0.459 e. The van der Waals surface area contributed by atoms with Gasteiger partial charge in [-0.2, -0.15) is 0 Å². The SMILES string of the molecule is CC(C)(C)OC(=O)NC(C(=O)OCc1ccccc1)C(C)(C)C. The first-order chi connectivity index (χ1) is 10.5. The fraction of sp³-hybridized carbons (Fsp3) is 0.556. The van der Waals surface area contributed by atoms with E-state index in [1.165, 1.54) is 0 Å². The molecule has 0 aliphatic heterocycles. The molecule has 0 fully saturated rings. The van der Waals surface area contributed by atoms with Crippen LogP contribution in [-0.2, 0) is 20.9 Å². The molecule has 0 radical (unpaired) electrons. The number of esters is 1. The molecule has 1 amide bonds. The van der Waals surface area contributed by atoms with Crippen molar-refractivity contribution in [2.24, 2.45) is 5.41 Å². The van der Waals surface area contributed by atoms with E-state index in [9.17, 15) is 9.59 Å². The van der Waals surface area contributed by atoms with E-state index in [0.717, 1.165) is 5.56 Å². The van der Waals surface area contributed by atoms with Crippen molar-refractivity contribution in [2.75, 3.05) is 0 Å². The van der Waals surface area contributed by atoms with Crippen LogP contribution in [0.15, 0.2) is 30.3 Å². The van der Waals surface area contributed by atoms with E-state index in [2.05, 4.69) is 5.32 Å². The lowest BCUT2D eigenvalue weighted by Crippen LogP contribution is -2.51. The number of alkyl carbamates (subject to hydrolysis) is 1. The maximum Gasteiger partial charge on any atom is 0.408 e. The molecule has 1 unspecified atom stereocenters. The number of hydrogen-bond donors (Lipinski definition) is 1. The van der Waals surface area contributed by atoms with Gasteiger partial charge in [-0.05, 0) is 31.7 Å². The van der Waals surface area contributed by atoms with E-state index in [-0.39, 0.29) is 6.61 Å². The number of amides is 1. The van der Waals surface area contributed by atoms with Gasteiger partial charge < -0.3 is 14.8 Å². The van der Waals surface area contributed by atoms with E-state index < -0.39 is 29.1 Å². The Balaban J connectivity index is 2.70. The molecular formula is C18H27NO4. The molecule has 0 heterocycles. The Labute approximate surface area is 138 Å². The first-order valence-electron chi connectivity index (χ1n) is 7.69. The fourth-order valence-electron chi connectivity index (χ4n) is 1.87. The van der Waals surface area contributed by atoms with Crippen LogP contribution in [0.4, 0.5) is 4.79 Å². The van der Waals surface area contributed by atoms with Crippen LogP contribution in [0.5, 0.6) is 0 Å². The number of carbonyl (C=O) groups excluding carboxylic acids is 2. The molecular weight excluding hydrogens is 294 g/mol. The van der Waals surface area contributed by atoms with Crippen LogP contribution in [0.1, 0.15) is 47.1 Å². The maximum atomic E-state index is 12.4. The van der Waals surface area contributed by atoms with Crippen molar-refractivity contribution >= 4 is 12.1 Å². The number of benzene rings is 1. The van der Waals surface area contributed by atoms with Crippen molar-refractivity contribution in [3.8, 4) is 0 Å². The van der Waals surface area contributed by atoms with Crippen molar-refractivity contribution in [3.63, 3.8) is 0 Å². The van der Waals surface area contributed by atoms with E-state index in [1.807, 2.05) is 51.1 Å². The molecule has 1 atom stereocenters. The van der Waals surface area contributed by atoms with E-state index >= 15 is 0 Å². The second kappa shape index (κ2) is 7.49. The van der Waals surface area contributed by atoms with Crippen LogP contribution in [0.2, 0.25) is 0 Å². The highest BCUT2D eigenvalue weighted by Gasteiger charge is 2.35. The highest BCUT2D eigenvalue weighted by atomic mass is 16.6. The third kappa shape index (κ3) is 7.17. The van der Waals surface area contributed by atoms with Gasteiger partial charge in [-0.15, -0.1) is 0 Å². The topological polar surface area (TPSA) is 64.6 Å². The summed E-state index contributed by atoms with van der Waals surface area (Å²) in [6.07, 6.45) is -0.630. The molecule has 0 aromatic heterocycles. The van der Waals surface area contributed by atoms with Crippen molar-refractivity contribution in [3.05, 3.63) is 35.9 Å². The van der Waals surface area contributed by atoms with Crippen LogP contribution >= 0.6 is 0 Å². The first-order valence-corrected chi connectivity index (χ1v) is 7.69. The zero-order valence-electron chi connectivity index (χ0n) is 14.8. The Morgan fingerprint density at radius 1 is 1.04 bits per heavy atom. The van der Waals surface area contributed by atoms with E-state index in [0.29, 0.717) is 0 Å². The molecule has 23 heavy (non-hydrogen) atoms. The van der Waals surface area contributed by atoms with Crippen molar-refractivity contribution in [1.82, 2.24) is 5.32 Å². The summed E-state index contributed by atoms with van der Waals surface area (Å²) in [6.45, 7) is 11.1. The molecule has 0 bridgehead atoms. The van der Waals surface area contributed by atoms with Gasteiger partial charge in [0.1, 0.15) is 18.2 Å². The molecule has 0 aliphatic rings.